The highest BCUT2D eigenvalue weighted by molar-refractivity contribution is 7.09. The predicted octanol–water partition coefficient (Wildman–Crippen LogP) is 2.59. The Morgan fingerprint density at radius 3 is 2.78 bits per heavy atom. The third-order valence-electron chi connectivity index (χ3n) is 2.50. The summed E-state index contributed by atoms with van der Waals surface area (Å²) in [4.78, 5) is 16.2. The number of Topliss-reactive ketones (excluding diaryl/α,β-unsaturated/α-hetero) is 1. The van der Waals surface area contributed by atoms with E-state index >= 15 is 0 Å². The van der Waals surface area contributed by atoms with Gasteiger partial charge in [-0.25, -0.2) is 4.98 Å². The van der Waals surface area contributed by atoms with Crippen LogP contribution in [0.25, 0.3) is 0 Å². The number of carbonyl (C=O) groups is 1. The normalized spacial score (nSPS) is 10.1. The third kappa shape index (κ3) is 2.68. The number of aromatic nitrogens is 1. The van der Waals surface area contributed by atoms with Gasteiger partial charge in [0.1, 0.15) is 16.5 Å². The number of ether oxygens (including phenoxy) is 2. The van der Waals surface area contributed by atoms with E-state index in [1.807, 2.05) is 5.38 Å². The lowest BCUT2D eigenvalue weighted by Gasteiger charge is -2.08. The van der Waals surface area contributed by atoms with Crippen LogP contribution in [0.15, 0.2) is 29.8 Å². The molecule has 2 rings (SSSR count). The van der Waals surface area contributed by atoms with Crippen LogP contribution >= 0.6 is 11.3 Å². The first-order chi connectivity index (χ1) is 8.74. The van der Waals surface area contributed by atoms with Crippen LogP contribution in [0.2, 0.25) is 0 Å². The first-order valence-electron chi connectivity index (χ1n) is 5.38. The van der Waals surface area contributed by atoms with Crippen LogP contribution in [0.3, 0.4) is 0 Å². The van der Waals surface area contributed by atoms with Crippen LogP contribution in [-0.2, 0) is 6.42 Å². The van der Waals surface area contributed by atoms with Gasteiger partial charge in [0, 0.05) is 17.6 Å². The number of thiazole rings is 1. The molecule has 1 aromatic carbocycles. The molecule has 0 unspecified atom stereocenters. The van der Waals surface area contributed by atoms with Crippen LogP contribution in [-0.4, -0.2) is 25.0 Å². The first kappa shape index (κ1) is 12.6. The van der Waals surface area contributed by atoms with Crippen molar-refractivity contribution in [3.05, 3.63) is 40.3 Å². The molecule has 0 saturated heterocycles. The van der Waals surface area contributed by atoms with Gasteiger partial charge < -0.3 is 9.47 Å². The quantitative estimate of drug-likeness (QED) is 0.778. The number of nitrogens with zero attached hydrogens (tertiary/aromatic N) is 1. The fourth-order valence-electron chi connectivity index (χ4n) is 1.60. The molecule has 5 heteroatoms. The number of benzene rings is 1. The maximum atomic E-state index is 12.1. The van der Waals surface area contributed by atoms with Crippen molar-refractivity contribution in [2.24, 2.45) is 0 Å². The monoisotopic (exact) mass is 263 g/mol. The Kier molecular flexibility index (Phi) is 3.94. The smallest absolute Gasteiger partial charge is 0.173 e. The van der Waals surface area contributed by atoms with Gasteiger partial charge in [-0.2, -0.15) is 0 Å². The van der Waals surface area contributed by atoms with Crippen molar-refractivity contribution in [2.45, 2.75) is 6.42 Å². The molecule has 1 aromatic heterocycles. The molecule has 0 amide bonds. The highest BCUT2D eigenvalue weighted by Gasteiger charge is 2.14. The van der Waals surface area contributed by atoms with Crippen molar-refractivity contribution in [3.63, 3.8) is 0 Å². The van der Waals surface area contributed by atoms with E-state index in [1.54, 1.807) is 31.5 Å². The molecule has 0 spiro atoms. The summed E-state index contributed by atoms with van der Waals surface area (Å²) in [5.74, 6) is 1.18. The van der Waals surface area contributed by atoms with Crippen LogP contribution < -0.4 is 9.47 Å². The summed E-state index contributed by atoms with van der Waals surface area (Å²) in [6, 6.07) is 5.17. The first-order valence-corrected chi connectivity index (χ1v) is 6.26. The predicted molar refractivity (Wildman–Crippen MR) is 69.7 cm³/mol. The number of hydrogen-bond acceptors (Lipinski definition) is 5. The van der Waals surface area contributed by atoms with E-state index in [0.717, 1.165) is 5.01 Å². The van der Waals surface area contributed by atoms with Crippen molar-refractivity contribution in [1.82, 2.24) is 4.98 Å². The Labute approximate surface area is 109 Å². The average molecular weight is 263 g/mol. The molecule has 2 aromatic rings. The molecule has 0 N–H and O–H groups in total. The Hall–Kier alpha value is -1.88. The van der Waals surface area contributed by atoms with Crippen molar-refractivity contribution in [1.29, 1.82) is 0 Å². The van der Waals surface area contributed by atoms with Crippen LogP contribution in [0.5, 0.6) is 11.5 Å². The zero-order valence-electron chi connectivity index (χ0n) is 10.2. The summed E-state index contributed by atoms with van der Waals surface area (Å²) in [6.07, 6.45) is 1.99. The highest BCUT2D eigenvalue weighted by Crippen LogP contribution is 2.25. The van der Waals surface area contributed by atoms with Crippen molar-refractivity contribution in [2.75, 3.05) is 14.2 Å². The van der Waals surface area contributed by atoms with Crippen molar-refractivity contribution in [3.8, 4) is 11.5 Å². The summed E-state index contributed by atoms with van der Waals surface area (Å²) in [7, 11) is 3.11. The van der Waals surface area contributed by atoms with Gasteiger partial charge in [0.15, 0.2) is 5.78 Å². The maximum Gasteiger partial charge on any atom is 0.173 e. The zero-order chi connectivity index (χ0) is 13.0. The van der Waals surface area contributed by atoms with Crippen LogP contribution in [0, 0.1) is 0 Å². The minimum Gasteiger partial charge on any atom is -0.497 e. The van der Waals surface area contributed by atoms with Crippen molar-refractivity contribution < 1.29 is 14.3 Å². The average Bonchev–Trinajstić information content (AvgIpc) is 2.90. The molecule has 0 atom stereocenters. The van der Waals surface area contributed by atoms with E-state index in [0.29, 0.717) is 23.5 Å². The van der Waals surface area contributed by atoms with E-state index in [9.17, 15) is 4.79 Å². The highest BCUT2D eigenvalue weighted by atomic mass is 32.1. The second-order valence-corrected chi connectivity index (χ2v) is 4.57. The third-order valence-corrected chi connectivity index (χ3v) is 3.28. The Bertz CT molecular complexity index is 537. The number of ketones is 1. The molecule has 0 bridgehead atoms. The van der Waals surface area contributed by atoms with E-state index in [1.165, 1.54) is 18.4 Å². The SMILES string of the molecule is COc1ccc(C(=O)Cc2nccs2)c(OC)c1. The van der Waals surface area contributed by atoms with Gasteiger partial charge >= 0.3 is 0 Å². The molecule has 0 aliphatic carbocycles. The number of carbonyl (C=O) groups excluding carboxylic acids is 1. The van der Waals surface area contributed by atoms with E-state index in [4.69, 9.17) is 9.47 Å². The Morgan fingerprint density at radius 1 is 1.33 bits per heavy atom. The Morgan fingerprint density at radius 2 is 2.17 bits per heavy atom. The van der Waals surface area contributed by atoms with Gasteiger partial charge in [-0.05, 0) is 12.1 Å². The summed E-state index contributed by atoms with van der Waals surface area (Å²) in [6.45, 7) is 0. The largest absolute Gasteiger partial charge is 0.497 e. The van der Waals surface area contributed by atoms with Gasteiger partial charge in [-0.15, -0.1) is 11.3 Å². The molecule has 0 saturated carbocycles. The lowest BCUT2D eigenvalue weighted by Crippen LogP contribution is -2.05. The molecular formula is C13H13NO3S. The fraction of sp³-hybridized carbons (Fsp3) is 0.231. The molecule has 0 fully saturated rings. The number of methoxy groups -OCH3 is 2. The lowest BCUT2D eigenvalue weighted by molar-refractivity contribution is 0.0990. The maximum absolute atomic E-state index is 12.1. The van der Waals surface area contributed by atoms with Gasteiger partial charge in [-0.1, -0.05) is 0 Å². The minimum atomic E-state index is -0.00977. The molecule has 18 heavy (non-hydrogen) atoms. The molecule has 0 aliphatic rings. The van der Waals surface area contributed by atoms with Gasteiger partial charge in [0.05, 0.1) is 26.2 Å². The second-order valence-electron chi connectivity index (χ2n) is 3.59. The minimum absolute atomic E-state index is 0.00977. The molecule has 1 heterocycles. The molecule has 0 aliphatic heterocycles. The number of rotatable bonds is 5. The Balaban J connectivity index is 2.24. The standard InChI is InChI=1S/C13H13NO3S/c1-16-9-3-4-10(12(7-9)17-2)11(15)8-13-14-5-6-18-13/h3-7H,8H2,1-2H3. The van der Waals surface area contributed by atoms with Crippen LogP contribution in [0.4, 0.5) is 0 Å². The second kappa shape index (κ2) is 5.64. The zero-order valence-corrected chi connectivity index (χ0v) is 11.0. The summed E-state index contributed by atoms with van der Waals surface area (Å²) >= 11 is 1.47. The van der Waals surface area contributed by atoms with Crippen LogP contribution in [0.1, 0.15) is 15.4 Å². The topological polar surface area (TPSA) is 48.4 Å². The van der Waals surface area contributed by atoms with E-state index in [2.05, 4.69) is 4.98 Å². The van der Waals surface area contributed by atoms with Gasteiger partial charge in [-0.3, -0.25) is 4.79 Å². The molecule has 4 nitrogen and oxygen atoms in total. The van der Waals surface area contributed by atoms with Gasteiger partial charge in [0.2, 0.25) is 0 Å². The fourth-order valence-corrected chi connectivity index (χ4v) is 2.22. The van der Waals surface area contributed by atoms with E-state index < -0.39 is 0 Å². The van der Waals surface area contributed by atoms with E-state index in [-0.39, 0.29) is 5.78 Å². The molecule has 94 valence electrons. The summed E-state index contributed by atoms with van der Waals surface area (Å²) < 4.78 is 10.3. The van der Waals surface area contributed by atoms with Crippen molar-refractivity contribution >= 4 is 17.1 Å². The van der Waals surface area contributed by atoms with Gasteiger partial charge in [0.25, 0.3) is 0 Å². The molecular weight excluding hydrogens is 250 g/mol. The lowest BCUT2D eigenvalue weighted by atomic mass is 10.1. The summed E-state index contributed by atoms with van der Waals surface area (Å²) in [5.41, 5.74) is 0.550. The molecule has 0 radical (unpaired) electrons. The summed E-state index contributed by atoms with van der Waals surface area (Å²) in [5, 5.41) is 2.66. The number of hydrogen-bond donors (Lipinski definition) is 0.